The Balaban J connectivity index is 2.22. The van der Waals surface area contributed by atoms with Crippen LogP contribution in [0.15, 0.2) is 0 Å². The molecule has 0 aromatic carbocycles. The van der Waals surface area contributed by atoms with Crippen LogP contribution in [0.1, 0.15) is 25.7 Å². The van der Waals surface area contributed by atoms with E-state index in [-0.39, 0.29) is 6.03 Å². The number of hydrogen-bond donors (Lipinski definition) is 2. The summed E-state index contributed by atoms with van der Waals surface area (Å²) in [5.41, 5.74) is 5.35. The fourth-order valence-corrected chi connectivity index (χ4v) is 1.65. The Bertz CT molecular complexity index is 166. The molecule has 4 nitrogen and oxygen atoms in total. The number of carbonyl (C=O) groups is 1. The fraction of sp³-hybridized carbons (Fsp3) is 0.889. The number of likely N-dealkylation sites (N-methyl/N-ethyl adjacent to an activating group) is 1. The van der Waals surface area contributed by atoms with Crippen molar-refractivity contribution >= 4 is 6.03 Å². The van der Waals surface area contributed by atoms with Gasteiger partial charge in [0.05, 0.1) is 0 Å². The first-order chi connectivity index (χ1) is 6.24. The van der Waals surface area contributed by atoms with E-state index < -0.39 is 0 Å². The number of carbonyl (C=O) groups excluding carboxylic acids is 1. The molecule has 1 fully saturated rings. The van der Waals surface area contributed by atoms with E-state index in [4.69, 9.17) is 5.73 Å². The number of urea groups is 1. The summed E-state index contributed by atoms with van der Waals surface area (Å²) in [6, 6.07) is 0.407. The second kappa shape index (κ2) is 5.07. The quantitative estimate of drug-likeness (QED) is 0.674. The van der Waals surface area contributed by atoms with Crippen molar-refractivity contribution in [2.24, 2.45) is 5.73 Å². The smallest absolute Gasteiger partial charge is 0.317 e. The first-order valence-corrected chi connectivity index (χ1v) is 4.95. The standard InChI is InChI=1S/C9H19N3O/c1-12(7-6-10)9(13)11-8-4-2-3-5-8/h8H,2-7,10H2,1H3,(H,11,13). The first kappa shape index (κ1) is 10.3. The predicted molar refractivity (Wildman–Crippen MR) is 52.5 cm³/mol. The van der Waals surface area contributed by atoms with E-state index in [0.29, 0.717) is 19.1 Å². The lowest BCUT2D eigenvalue weighted by molar-refractivity contribution is 0.206. The van der Waals surface area contributed by atoms with Crippen LogP contribution >= 0.6 is 0 Å². The molecule has 0 aromatic heterocycles. The van der Waals surface area contributed by atoms with Crippen LogP contribution in [0.25, 0.3) is 0 Å². The van der Waals surface area contributed by atoms with Crippen LogP contribution < -0.4 is 11.1 Å². The van der Waals surface area contributed by atoms with E-state index in [1.807, 2.05) is 0 Å². The summed E-state index contributed by atoms with van der Waals surface area (Å²) >= 11 is 0. The van der Waals surface area contributed by atoms with Gasteiger partial charge in [0.1, 0.15) is 0 Å². The summed E-state index contributed by atoms with van der Waals surface area (Å²) in [5, 5.41) is 2.99. The third-order valence-electron chi connectivity index (χ3n) is 2.49. The van der Waals surface area contributed by atoms with Gasteiger partial charge in [-0.25, -0.2) is 4.79 Å². The van der Waals surface area contributed by atoms with Gasteiger partial charge in [0.2, 0.25) is 0 Å². The summed E-state index contributed by atoms with van der Waals surface area (Å²) in [7, 11) is 1.77. The fourth-order valence-electron chi connectivity index (χ4n) is 1.65. The van der Waals surface area contributed by atoms with E-state index in [2.05, 4.69) is 5.32 Å². The molecule has 0 heterocycles. The molecule has 3 N–H and O–H groups in total. The van der Waals surface area contributed by atoms with Gasteiger partial charge in [0.15, 0.2) is 0 Å². The van der Waals surface area contributed by atoms with Crippen molar-refractivity contribution in [2.45, 2.75) is 31.7 Å². The van der Waals surface area contributed by atoms with Crippen molar-refractivity contribution in [3.8, 4) is 0 Å². The number of amides is 2. The number of nitrogens with one attached hydrogen (secondary N) is 1. The summed E-state index contributed by atoms with van der Waals surface area (Å²) < 4.78 is 0. The van der Waals surface area contributed by atoms with Gasteiger partial charge in [-0.1, -0.05) is 12.8 Å². The highest BCUT2D eigenvalue weighted by atomic mass is 16.2. The number of nitrogens with zero attached hydrogens (tertiary/aromatic N) is 1. The van der Waals surface area contributed by atoms with E-state index in [9.17, 15) is 4.79 Å². The molecule has 0 radical (unpaired) electrons. The lowest BCUT2D eigenvalue weighted by Gasteiger charge is -2.20. The maximum Gasteiger partial charge on any atom is 0.317 e. The normalized spacial score (nSPS) is 17.4. The maximum absolute atomic E-state index is 11.4. The lowest BCUT2D eigenvalue weighted by Crippen LogP contribution is -2.43. The third-order valence-corrected chi connectivity index (χ3v) is 2.49. The summed E-state index contributed by atoms with van der Waals surface area (Å²) in [5.74, 6) is 0. The Morgan fingerprint density at radius 2 is 2.15 bits per heavy atom. The van der Waals surface area contributed by atoms with Crippen molar-refractivity contribution in [2.75, 3.05) is 20.1 Å². The molecule has 0 aromatic rings. The van der Waals surface area contributed by atoms with Gasteiger partial charge in [-0.2, -0.15) is 0 Å². The molecule has 13 heavy (non-hydrogen) atoms. The Morgan fingerprint density at radius 3 is 2.69 bits per heavy atom. The molecular formula is C9H19N3O. The van der Waals surface area contributed by atoms with Crippen molar-refractivity contribution in [3.63, 3.8) is 0 Å². The maximum atomic E-state index is 11.4. The van der Waals surface area contributed by atoms with Gasteiger partial charge in [0, 0.05) is 26.2 Å². The zero-order chi connectivity index (χ0) is 9.68. The first-order valence-electron chi connectivity index (χ1n) is 4.95. The highest BCUT2D eigenvalue weighted by molar-refractivity contribution is 5.74. The lowest BCUT2D eigenvalue weighted by atomic mass is 10.2. The van der Waals surface area contributed by atoms with Gasteiger partial charge >= 0.3 is 6.03 Å². The number of hydrogen-bond acceptors (Lipinski definition) is 2. The van der Waals surface area contributed by atoms with Crippen molar-refractivity contribution in [1.29, 1.82) is 0 Å². The summed E-state index contributed by atoms with van der Waals surface area (Å²) in [4.78, 5) is 13.1. The Labute approximate surface area is 79.5 Å². The number of nitrogens with two attached hydrogens (primary N) is 1. The monoisotopic (exact) mass is 185 g/mol. The molecule has 0 unspecified atom stereocenters. The largest absolute Gasteiger partial charge is 0.335 e. The van der Waals surface area contributed by atoms with Gasteiger partial charge in [-0.05, 0) is 12.8 Å². The van der Waals surface area contributed by atoms with Crippen LogP contribution in [0.3, 0.4) is 0 Å². The second-order valence-corrected chi connectivity index (χ2v) is 3.64. The van der Waals surface area contributed by atoms with E-state index in [0.717, 1.165) is 12.8 Å². The van der Waals surface area contributed by atoms with Crippen LogP contribution in [0.2, 0.25) is 0 Å². The van der Waals surface area contributed by atoms with Gasteiger partial charge < -0.3 is 16.0 Å². The summed E-state index contributed by atoms with van der Waals surface area (Å²) in [6.07, 6.45) is 4.74. The molecule has 0 spiro atoms. The van der Waals surface area contributed by atoms with Gasteiger partial charge in [-0.3, -0.25) is 0 Å². The van der Waals surface area contributed by atoms with Crippen molar-refractivity contribution < 1.29 is 4.79 Å². The highest BCUT2D eigenvalue weighted by Gasteiger charge is 2.18. The highest BCUT2D eigenvalue weighted by Crippen LogP contribution is 2.17. The van der Waals surface area contributed by atoms with Gasteiger partial charge in [-0.15, -0.1) is 0 Å². The van der Waals surface area contributed by atoms with Crippen LogP contribution in [0.5, 0.6) is 0 Å². The third kappa shape index (κ3) is 3.22. The SMILES string of the molecule is CN(CCN)C(=O)NC1CCCC1. The van der Waals surface area contributed by atoms with Crippen LogP contribution in [-0.4, -0.2) is 37.1 Å². The molecule has 0 bridgehead atoms. The topological polar surface area (TPSA) is 58.4 Å². The summed E-state index contributed by atoms with van der Waals surface area (Å²) in [6.45, 7) is 1.15. The minimum absolute atomic E-state index is 0.0114. The molecule has 0 aliphatic heterocycles. The average Bonchev–Trinajstić information content (AvgIpc) is 2.57. The van der Waals surface area contributed by atoms with Crippen LogP contribution in [0, 0.1) is 0 Å². The molecule has 76 valence electrons. The Morgan fingerprint density at radius 1 is 1.54 bits per heavy atom. The van der Waals surface area contributed by atoms with Gasteiger partial charge in [0.25, 0.3) is 0 Å². The van der Waals surface area contributed by atoms with Crippen molar-refractivity contribution in [3.05, 3.63) is 0 Å². The molecule has 1 aliphatic carbocycles. The minimum Gasteiger partial charge on any atom is -0.335 e. The molecule has 0 atom stereocenters. The molecule has 2 amide bonds. The molecule has 1 aliphatic rings. The molecule has 1 saturated carbocycles. The zero-order valence-corrected chi connectivity index (χ0v) is 8.25. The molecule has 4 heteroatoms. The number of rotatable bonds is 3. The van der Waals surface area contributed by atoms with E-state index in [1.165, 1.54) is 12.8 Å². The second-order valence-electron chi connectivity index (χ2n) is 3.64. The Hall–Kier alpha value is -0.770. The predicted octanol–water partition coefficient (Wildman–Crippen LogP) is 0.529. The minimum atomic E-state index is 0.0114. The van der Waals surface area contributed by atoms with E-state index >= 15 is 0 Å². The molecular weight excluding hydrogens is 166 g/mol. The Kier molecular flexibility index (Phi) is 4.02. The van der Waals surface area contributed by atoms with E-state index in [1.54, 1.807) is 11.9 Å². The molecule has 1 rings (SSSR count). The average molecular weight is 185 g/mol. The van der Waals surface area contributed by atoms with Crippen LogP contribution in [0.4, 0.5) is 4.79 Å². The zero-order valence-electron chi connectivity index (χ0n) is 8.25. The molecule has 0 saturated heterocycles. The van der Waals surface area contributed by atoms with Crippen LogP contribution in [-0.2, 0) is 0 Å². The van der Waals surface area contributed by atoms with Crippen molar-refractivity contribution in [1.82, 2.24) is 10.2 Å².